The van der Waals surface area contributed by atoms with Gasteiger partial charge in [0.15, 0.2) is 0 Å². The number of hydrogen-bond acceptors (Lipinski definition) is 4. The summed E-state index contributed by atoms with van der Waals surface area (Å²) in [7, 11) is 3.73. The number of nitrogens with one attached hydrogen (secondary N) is 1. The minimum atomic E-state index is -0.000301. The summed E-state index contributed by atoms with van der Waals surface area (Å²) in [6, 6.07) is 7.65. The van der Waals surface area contributed by atoms with Gasteiger partial charge in [-0.1, -0.05) is 0 Å². The van der Waals surface area contributed by atoms with Crippen LogP contribution in [0, 0.1) is 5.92 Å². The van der Waals surface area contributed by atoms with Crippen LogP contribution in [0.5, 0.6) is 0 Å². The van der Waals surface area contributed by atoms with Crippen LogP contribution < -0.4 is 5.32 Å². The Hall–Kier alpha value is -2.96. The molecule has 1 amide bonds. The summed E-state index contributed by atoms with van der Waals surface area (Å²) < 4.78 is 3.53. The lowest BCUT2D eigenvalue weighted by Crippen LogP contribution is -2.17. The van der Waals surface area contributed by atoms with E-state index in [-0.39, 0.29) is 17.7 Å². The molecule has 0 aliphatic heterocycles. The molecule has 24 heavy (non-hydrogen) atoms. The van der Waals surface area contributed by atoms with Crippen LogP contribution in [0.2, 0.25) is 0 Å². The first kappa shape index (κ1) is 14.6. The second-order valence-corrected chi connectivity index (χ2v) is 6.09. The van der Waals surface area contributed by atoms with E-state index in [0.29, 0.717) is 5.82 Å². The SMILES string of the molecule is Cn1nc(-c2ccncc2)cc1NC(=O)[C@@H]1C[C@H]1c1ccnn1C. The van der Waals surface area contributed by atoms with Gasteiger partial charge >= 0.3 is 0 Å². The predicted molar refractivity (Wildman–Crippen MR) is 89.1 cm³/mol. The third-order valence-corrected chi connectivity index (χ3v) is 4.47. The van der Waals surface area contributed by atoms with Crippen molar-refractivity contribution in [3.05, 3.63) is 48.5 Å². The normalized spacial score (nSPS) is 19.2. The van der Waals surface area contributed by atoms with E-state index in [2.05, 4.69) is 20.5 Å². The fraction of sp³-hybridized carbons (Fsp3) is 0.294. The molecule has 0 aromatic carbocycles. The molecule has 1 aliphatic rings. The zero-order chi connectivity index (χ0) is 16.7. The van der Waals surface area contributed by atoms with E-state index < -0.39 is 0 Å². The average Bonchev–Trinajstić information content (AvgIpc) is 3.14. The molecule has 0 radical (unpaired) electrons. The van der Waals surface area contributed by atoms with E-state index in [4.69, 9.17) is 0 Å². The van der Waals surface area contributed by atoms with Crippen LogP contribution in [0.25, 0.3) is 11.3 Å². The highest BCUT2D eigenvalue weighted by Gasteiger charge is 2.45. The van der Waals surface area contributed by atoms with Crippen molar-refractivity contribution in [3.8, 4) is 11.3 Å². The zero-order valence-corrected chi connectivity index (χ0v) is 13.5. The first-order valence-electron chi connectivity index (χ1n) is 7.86. The van der Waals surface area contributed by atoms with Gasteiger partial charge in [0.1, 0.15) is 5.82 Å². The van der Waals surface area contributed by atoms with Gasteiger partial charge in [-0.05, 0) is 24.6 Å². The monoisotopic (exact) mass is 322 g/mol. The highest BCUT2D eigenvalue weighted by Crippen LogP contribution is 2.47. The number of hydrogen-bond donors (Lipinski definition) is 1. The lowest BCUT2D eigenvalue weighted by molar-refractivity contribution is -0.117. The first-order valence-corrected chi connectivity index (χ1v) is 7.86. The molecule has 0 bridgehead atoms. The number of carbonyl (C=O) groups is 1. The Kier molecular flexibility index (Phi) is 3.41. The summed E-state index contributed by atoms with van der Waals surface area (Å²) in [5.41, 5.74) is 2.90. The number of anilines is 1. The molecule has 1 aliphatic carbocycles. The molecular weight excluding hydrogens is 304 g/mol. The standard InChI is InChI=1S/C17H18N6O/c1-22-15(5-8-19-22)12-9-13(12)17(24)20-16-10-14(21-23(16)2)11-3-6-18-7-4-11/h3-8,10,12-13H,9H2,1-2H3,(H,20,24)/t12-,13-/m1/s1. The molecule has 3 aromatic rings. The van der Waals surface area contributed by atoms with Crippen molar-refractivity contribution in [1.82, 2.24) is 24.5 Å². The topological polar surface area (TPSA) is 77.6 Å². The molecule has 0 saturated heterocycles. The number of pyridine rings is 1. The number of nitrogens with zero attached hydrogens (tertiary/aromatic N) is 5. The third-order valence-electron chi connectivity index (χ3n) is 4.47. The Labute approximate surface area is 139 Å². The Bertz CT molecular complexity index is 882. The van der Waals surface area contributed by atoms with E-state index in [1.165, 1.54) is 0 Å². The molecule has 2 atom stereocenters. The number of amides is 1. The van der Waals surface area contributed by atoms with Crippen molar-refractivity contribution in [2.75, 3.05) is 5.32 Å². The Morgan fingerprint density at radius 2 is 1.96 bits per heavy atom. The Morgan fingerprint density at radius 1 is 1.17 bits per heavy atom. The summed E-state index contributed by atoms with van der Waals surface area (Å²) in [5, 5.41) is 11.6. The van der Waals surface area contributed by atoms with Crippen LogP contribution in [0.1, 0.15) is 18.0 Å². The molecule has 4 rings (SSSR count). The lowest BCUT2D eigenvalue weighted by atomic mass is 10.2. The predicted octanol–water partition coefficient (Wildman–Crippen LogP) is 1.96. The van der Waals surface area contributed by atoms with Crippen LogP contribution >= 0.6 is 0 Å². The van der Waals surface area contributed by atoms with Gasteiger partial charge in [-0.25, -0.2) is 0 Å². The van der Waals surface area contributed by atoms with Gasteiger partial charge in [0.2, 0.25) is 5.91 Å². The summed E-state index contributed by atoms with van der Waals surface area (Å²) >= 11 is 0. The van der Waals surface area contributed by atoms with E-state index in [9.17, 15) is 4.79 Å². The Balaban J connectivity index is 1.47. The zero-order valence-electron chi connectivity index (χ0n) is 13.5. The number of carbonyl (C=O) groups excluding carboxylic acids is 1. The molecule has 122 valence electrons. The molecule has 0 spiro atoms. The molecule has 1 fully saturated rings. The maximum absolute atomic E-state index is 12.5. The first-order chi connectivity index (χ1) is 11.6. The summed E-state index contributed by atoms with van der Waals surface area (Å²) in [6.07, 6.45) is 6.08. The number of rotatable bonds is 4. The van der Waals surface area contributed by atoms with Crippen molar-refractivity contribution in [2.24, 2.45) is 20.0 Å². The van der Waals surface area contributed by atoms with Crippen molar-refractivity contribution < 1.29 is 4.79 Å². The molecule has 3 aromatic heterocycles. The van der Waals surface area contributed by atoms with Gasteiger partial charge < -0.3 is 5.32 Å². The second-order valence-electron chi connectivity index (χ2n) is 6.09. The van der Waals surface area contributed by atoms with Crippen molar-refractivity contribution in [2.45, 2.75) is 12.3 Å². The van der Waals surface area contributed by atoms with E-state index >= 15 is 0 Å². The third kappa shape index (κ3) is 2.58. The number of aryl methyl sites for hydroxylation is 2. The van der Waals surface area contributed by atoms with E-state index in [1.807, 2.05) is 43.0 Å². The van der Waals surface area contributed by atoms with Crippen LogP contribution in [0.4, 0.5) is 5.82 Å². The average molecular weight is 322 g/mol. The van der Waals surface area contributed by atoms with Crippen LogP contribution in [0.3, 0.4) is 0 Å². The molecule has 3 heterocycles. The number of aromatic nitrogens is 5. The second kappa shape index (κ2) is 5.59. The summed E-state index contributed by atoms with van der Waals surface area (Å²) in [4.78, 5) is 16.5. The molecule has 7 heteroatoms. The minimum absolute atomic E-state index is 0.000301. The van der Waals surface area contributed by atoms with Gasteiger partial charge in [-0.15, -0.1) is 0 Å². The summed E-state index contributed by atoms with van der Waals surface area (Å²) in [6.45, 7) is 0. The largest absolute Gasteiger partial charge is 0.311 e. The van der Waals surface area contributed by atoms with Crippen molar-refractivity contribution >= 4 is 11.7 Å². The van der Waals surface area contributed by atoms with Gasteiger partial charge in [-0.2, -0.15) is 10.2 Å². The molecule has 1 N–H and O–H groups in total. The van der Waals surface area contributed by atoms with Gasteiger partial charge in [0, 0.05) is 61.8 Å². The van der Waals surface area contributed by atoms with Gasteiger partial charge in [0.05, 0.1) is 5.69 Å². The molecule has 7 nitrogen and oxygen atoms in total. The van der Waals surface area contributed by atoms with Gasteiger partial charge in [-0.3, -0.25) is 19.1 Å². The fourth-order valence-electron chi connectivity index (χ4n) is 3.03. The molecule has 1 saturated carbocycles. The fourth-order valence-corrected chi connectivity index (χ4v) is 3.03. The van der Waals surface area contributed by atoms with Crippen molar-refractivity contribution in [1.29, 1.82) is 0 Å². The van der Waals surface area contributed by atoms with Crippen LogP contribution in [-0.2, 0) is 18.9 Å². The van der Waals surface area contributed by atoms with E-state index in [0.717, 1.165) is 23.4 Å². The molecular formula is C17H18N6O. The van der Waals surface area contributed by atoms with Crippen LogP contribution in [-0.4, -0.2) is 30.5 Å². The Morgan fingerprint density at radius 3 is 2.67 bits per heavy atom. The summed E-state index contributed by atoms with van der Waals surface area (Å²) in [5.74, 6) is 0.984. The quantitative estimate of drug-likeness (QED) is 0.796. The van der Waals surface area contributed by atoms with Crippen molar-refractivity contribution in [3.63, 3.8) is 0 Å². The molecule has 0 unspecified atom stereocenters. The van der Waals surface area contributed by atoms with E-state index in [1.54, 1.807) is 23.3 Å². The van der Waals surface area contributed by atoms with Gasteiger partial charge in [0.25, 0.3) is 0 Å². The maximum Gasteiger partial charge on any atom is 0.229 e. The smallest absolute Gasteiger partial charge is 0.229 e. The maximum atomic E-state index is 12.5. The van der Waals surface area contributed by atoms with Crippen LogP contribution in [0.15, 0.2) is 42.9 Å². The highest BCUT2D eigenvalue weighted by molar-refractivity contribution is 5.95. The highest BCUT2D eigenvalue weighted by atomic mass is 16.2. The minimum Gasteiger partial charge on any atom is -0.311 e. The lowest BCUT2D eigenvalue weighted by Gasteiger charge is -2.05.